The molecule has 1 aliphatic heterocycles. The number of amides is 1. The summed E-state index contributed by atoms with van der Waals surface area (Å²) >= 11 is 0. The maximum absolute atomic E-state index is 12.5. The first-order chi connectivity index (χ1) is 14.7. The molecule has 0 fully saturated rings. The van der Waals surface area contributed by atoms with Crippen LogP contribution in [0.15, 0.2) is 28.2 Å². The first-order valence-corrected chi connectivity index (χ1v) is 8.97. The molecule has 1 amide bonds. The van der Waals surface area contributed by atoms with E-state index in [0.29, 0.717) is 0 Å². The quantitative estimate of drug-likeness (QED) is 0.515. The Morgan fingerprint density at radius 2 is 1.47 bits per heavy atom. The number of nitrogens with one attached hydrogen (secondary N) is 2. The van der Waals surface area contributed by atoms with Gasteiger partial charge in [0.2, 0.25) is 11.5 Å². The van der Waals surface area contributed by atoms with Gasteiger partial charge in [0.05, 0.1) is 24.4 Å². The van der Waals surface area contributed by atoms with E-state index in [0.717, 1.165) is 12.1 Å². The minimum atomic E-state index is -4.80. The summed E-state index contributed by atoms with van der Waals surface area (Å²) in [6, 6.07) is 1.63. The van der Waals surface area contributed by atoms with E-state index >= 15 is 0 Å². The first-order valence-electron chi connectivity index (χ1n) is 8.97. The number of halogens is 6. The number of alkyl halides is 6. The minimum Gasteiger partial charge on any atom is -0.463 e. The fourth-order valence-corrected chi connectivity index (χ4v) is 2.38. The molecule has 1 aromatic rings. The smallest absolute Gasteiger partial charge is 0.432 e. The second-order valence-electron chi connectivity index (χ2n) is 5.95. The lowest BCUT2D eigenvalue weighted by molar-refractivity contribution is -0.142. The van der Waals surface area contributed by atoms with Crippen LogP contribution in [0.25, 0.3) is 0 Å². The van der Waals surface area contributed by atoms with Crippen molar-refractivity contribution in [2.45, 2.75) is 39.0 Å². The number of hydrogen-bond donors (Lipinski definition) is 2. The normalized spacial score (nSPS) is 14.2. The third-order valence-corrected chi connectivity index (χ3v) is 3.67. The van der Waals surface area contributed by atoms with E-state index in [1.54, 1.807) is 10.3 Å². The second-order valence-corrected chi connectivity index (χ2v) is 5.95. The van der Waals surface area contributed by atoms with Crippen molar-refractivity contribution in [3.8, 4) is 0 Å². The average molecular weight is 472 g/mol. The van der Waals surface area contributed by atoms with Gasteiger partial charge in [-0.2, -0.15) is 26.3 Å². The van der Waals surface area contributed by atoms with Gasteiger partial charge in [0.15, 0.2) is 0 Å². The molecule has 2 heterocycles. The summed E-state index contributed by atoms with van der Waals surface area (Å²) in [4.78, 5) is 45.6. The summed E-state index contributed by atoms with van der Waals surface area (Å²) in [7, 11) is 0. The summed E-state index contributed by atoms with van der Waals surface area (Å²) < 4.78 is 83.7. The highest BCUT2D eigenvalue weighted by molar-refractivity contribution is 5.94. The third-order valence-electron chi connectivity index (χ3n) is 3.67. The Morgan fingerprint density at radius 1 is 0.906 bits per heavy atom. The van der Waals surface area contributed by atoms with Gasteiger partial charge < -0.3 is 19.8 Å². The molecule has 2 N–H and O–H groups in total. The fraction of sp³-hybridized carbons (Fsp3) is 0.444. The van der Waals surface area contributed by atoms with Gasteiger partial charge in [-0.1, -0.05) is 0 Å². The van der Waals surface area contributed by atoms with Crippen molar-refractivity contribution in [2.24, 2.45) is 0 Å². The number of H-pyrrole nitrogens is 1. The SMILES string of the molecule is CCOC(=O)C1=C(C(F)(F)F)NC(=O)CC1.CCOC(=O)c1ccc(=O)[nH]c1C(F)(F)F. The minimum absolute atomic E-state index is 0.0125. The zero-order valence-corrected chi connectivity index (χ0v) is 16.7. The second kappa shape index (κ2) is 10.8. The lowest BCUT2D eigenvalue weighted by Crippen LogP contribution is -2.38. The Labute approximate surface area is 176 Å². The Hall–Kier alpha value is -3.32. The van der Waals surface area contributed by atoms with Crippen molar-refractivity contribution in [3.63, 3.8) is 0 Å². The van der Waals surface area contributed by atoms with E-state index in [2.05, 4.69) is 9.47 Å². The molecule has 8 nitrogen and oxygen atoms in total. The number of hydrogen-bond acceptors (Lipinski definition) is 6. The first kappa shape index (κ1) is 26.7. The molecule has 2 rings (SSSR count). The molecule has 0 bridgehead atoms. The van der Waals surface area contributed by atoms with E-state index in [-0.39, 0.29) is 26.1 Å². The summed E-state index contributed by atoms with van der Waals surface area (Å²) in [5, 5.41) is 1.66. The Kier molecular flexibility index (Phi) is 9.03. The largest absolute Gasteiger partial charge is 0.463 e. The zero-order valence-electron chi connectivity index (χ0n) is 16.7. The van der Waals surface area contributed by atoms with Gasteiger partial charge in [0.25, 0.3) is 0 Å². The summed E-state index contributed by atoms with van der Waals surface area (Å²) in [5.74, 6) is -2.90. The van der Waals surface area contributed by atoms with Crippen molar-refractivity contribution in [2.75, 3.05) is 13.2 Å². The number of carbonyl (C=O) groups excluding carboxylic acids is 3. The monoisotopic (exact) mass is 472 g/mol. The van der Waals surface area contributed by atoms with E-state index in [1.165, 1.54) is 13.8 Å². The number of ether oxygens (including phenoxy) is 2. The summed E-state index contributed by atoms with van der Waals surface area (Å²) in [6.07, 6.45) is -9.95. The Morgan fingerprint density at radius 3 is 1.97 bits per heavy atom. The van der Waals surface area contributed by atoms with E-state index in [1.807, 2.05) is 0 Å². The van der Waals surface area contributed by atoms with Crippen molar-refractivity contribution >= 4 is 17.8 Å². The van der Waals surface area contributed by atoms with Crippen LogP contribution in [0.2, 0.25) is 0 Å². The summed E-state index contributed by atoms with van der Waals surface area (Å²) in [6.45, 7) is 2.90. The molecule has 32 heavy (non-hydrogen) atoms. The Balaban J connectivity index is 0.000000320. The van der Waals surface area contributed by atoms with Gasteiger partial charge in [-0.25, -0.2) is 9.59 Å². The standard InChI is InChI=1S/C9H10F3NO3.C9H8F3NO3/c2*1-2-16-8(15)5-3-4-6(14)13-7(5)9(10,11)12/h2-4H2,1H3,(H,13,14);3-4H,2H2,1H3,(H,13,14). The van der Waals surface area contributed by atoms with Gasteiger partial charge in [0.1, 0.15) is 11.4 Å². The van der Waals surface area contributed by atoms with Gasteiger partial charge in [-0.3, -0.25) is 9.59 Å². The van der Waals surface area contributed by atoms with E-state index in [9.17, 15) is 45.5 Å². The number of aromatic nitrogens is 1. The van der Waals surface area contributed by atoms with Crippen LogP contribution < -0.4 is 10.9 Å². The predicted molar refractivity (Wildman–Crippen MR) is 95.1 cm³/mol. The van der Waals surface area contributed by atoms with Crippen LogP contribution in [-0.2, 0) is 25.2 Å². The molecule has 14 heteroatoms. The third kappa shape index (κ3) is 7.42. The van der Waals surface area contributed by atoms with Gasteiger partial charge >= 0.3 is 24.3 Å². The highest BCUT2D eigenvalue weighted by atomic mass is 19.4. The van der Waals surface area contributed by atoms with Crippen LogP contribution >= 0.6 is 0 Å². The fourth-order valence-electron chi connectivity index (χ4n) is 2.38. The molecule has 0 radical (unpaired) electrons. The molecule has 0 spiro atoms. The Bertz CT molecular complexity index is 949. The van der Waals surface area contributed by atoms with Crippen molar-refractivity contribution in [1.82, 2.24) is 10.3 Å². The van der Waals surface area contributed by atoms with Gasteiger partial charge in [-0.15, -0.1) is 0 Å². The molecule has 0 saturated heterocycles. The maximum atomic E-state index is 12.5. The highest BCUT2D eigenvalue weighted by Crippen LogP contribution is 2.31. The maximum Gasteiger partial charge on any atom is 0.432 e. The molecule has 0 atom stereocenters. The van der Waals surface area contributed by atoms with Crippen LogP contribution in [0, 0.1) is 0 Å². The molecule has 0 saturated carbocycles. The topological polar surface area (TPSA) is 115 Å². The van der Waals surface area contributed by atoms with Crippen LogP contribution in [0.3, 0.4) is 0 Å². The highest BCUT2D eigenvalue weighted by Gasteiger charge is 2.41. The number of aromatic amines is 1. The van der Waals surface area contributed by atoms with Crippen LogP contribution in [0.4, 0.5) is 26.3 Å². The molecule has 1 aliphatic rings. The van der Waals surface area contributed by atoms with E-state index < -0.39 is 58.3 Å². The van der Waals surface area contributed by atoms with Crippen LogP contribution in [-0.4, -0.2) is 42.2 Å². The molecule has 178 valence electrons. The number of allylic oxidation sites excluding steroid dienone is 1. The predicted octanol–water partition coefficient (Wildman–Crippen LogP) is 2.85. The average Bonchev–Trinajstić information content (AvgIpc) is 2.67. The van der Waals surface area contributed by atoms with E-state index in [4.69, 9.17) is 0 Å². The number of carbonyl (C=O) groups is 3. The summed E-state index contributed by atoms with van der Waals surface area (Å²) in [5.41, 5.74) is -4.84. The molecular weight excluding hydrogens is 454 g/mol. The van der Waals surface area contributed by atoms with Crippen LogP contribution in [0.1, 0.15) is 42.7 Å². The molecular formula is C18H18F6N2O6. The number of pyridine rings is 1. The van der Waals surface area contributed by atoms with Crippen molar-refractivity contribution in [1.29, 1.82) is 0 Å². The lowest BCUT2D eigenvalue weighted by atomic mass is 10.0. The molecule has 1 aromatic heterocycles. The molecule has 0 aromatic carbocycles. The van der Waals surface area contributed by atoms with Gasteiger partial charge in [0, 0.05) is 12.5 Å². The molecule has 0 unspecified atom stereocenters. The lowest BCUT2D eigenvalue weighted by Gasteiger charge is -2.21. The van der Waals surface area contributed by atoms with Crippen LogP contribution in [0.5, 0.6) is 0 Å². The number of rotatable bonds is 4. The number of esters is 2. The zero-order chi connectivity index (χ0) is 24.7. The van der Waals surface area contributed by atoms with Crippen molar-refractivity contribution in [3.05, 3.63) is 45.0 Å². The van der Waals surface area contributed by atoms with Gasteiger partial charge in [-0.05, 0) is 26.3 Å². The van der Waals surface area contributed by atoms with Crippen molar-refractivity contribution < 1.29 is 50.2 Å². The molecule has 0 aliphatic carbocycles.